The maximum absolute atomic E-state index is 10.7. The Balaban J connectivity index is 0.000000397. The summed E-state index contributed by atoms with van der Waals surface area (Å²) in [6.45, 7) is 7.57. The molecule has 0 aromatic rings. The van der Waals surface area contributed by atoms with Crippen molar-refractivity contribution >= 4 is 12.1 Å². The van der Waals surface area contributed by atoms with Crippen LogP contribution in [-0.4, -0.2) is 63.0 Å². The van der Waals surface area contributed by atoms with Crippen molar-refractivity contribution in [2.45, 2.75) is 58.0 Å². The molecule has 1 saturated carbocycles. The van der Waals surface area contributed by atoms with Crippen molar-refractivity contribution in [2.75, 3.05) is 40.4 Å². The van der Waals surface area contributed by atoms with Crippen LogP contribution >= 0.6 is 0 Å². The minimum absolute atomic E-state index is 0.292. The molecule has 0 bridgehead atoms. The zero-order chi connectivity index (χ0) is 20.4. The molecule has 3 aliphatic rings. The second-order valence-corrected chi connectivity index (χ2v) is 8.17. The van der Waals surface area contributed by atoms with E-state index in [1.54, 1.807) is 7.11 Å². The summed E-state index contributed by atoms with van der Waals surface area (Å²) in [5, 5.41) is 3.11. The highest BCUT2D eigenvalue weighted by atomic mass is 16.5. The number of likely N-dealkylation sites (N-methyl/N-ethyl adjacent to an activating group) is 1. The zero-order valence-electron chi connectivity index (χ0n) is 18.0. The fourth-order valence-corrected chi connectivity index (χ4v) is 3.13. The predicted molar refractivity (Wildman–Crippen MR) is 113 cm³/mol. The van der Waals surface area contributed by atoms with Gasteiger partial charge in [0.05, 0.1) is 18.4 Å². The van der Waals surface area contributed by atoms with Gasteiger partial charge in [0.2, 0.25) is 6.41 Å². The van der Waals surface area contributed by atoms with Crippen molar-refractivity contribution in [3.63, 3.8) is 0 Å². The van der Waals surface area contributed by atoms with Crippen molar-refractivity contribution in [1.29, 1.82) is 0 Å². The van der Waals surface area contributed by atoms with E-state index in [1.807, 2.05) is 18.1 Å². The Labute approximate surface area is 170 Å². The molecule has 1 amide bonds. The molecule has 2 aliphatic heterocycles. The molecule has 0 aromatic carbocycles. The number of nitrogens with one attached hydrogen (secondary N) is 1. The Morgan fingerprint density at radius 2 is 2.07 bits per heavy atom. The Hall–Kier alpha value is -1.66. The van der Waals surface area contributed by atoms with E-state index in [2.05, 4.69) is 30.2 Å². The van der Waals surface area contributed by atoms with Gasteiger partial charge < -0.3 is 19.7 Å². The van der Waals surface area contributed by atoms with Crippen LogP contribution in [0, 0.1) is 5.92 Å². The molecule has 6 nitrogen and oxygen atoms in total. The number of carbonyl (C=O) groups excluding carboxylic acids is 1. The first kappa shape index (κ1) is 22.6. The number of likely N-dealkylation sites (tertiary alicyclic amines) is 1. The number of nitrogens with zero attached hydrogens (tertiary/aromatic N) is 2. The van der Waals surface area contributed by atoms with Crippen LogP contribution in [0.5, 0.6) is 0 Å². The lowest BCUT2D eigenvalue weighted by Crippen LogP contribution is -2.34. The summed E-state index contributed by atoms with van der Waals surface area (Å²) in [6, 6.07) is 0. The number of ether oxygens (including phenoxy) is 2. The Bertz CT molecular complexity index is 586. The van der Waals surface area contributed by atoms with Crippen molar-refractivity contribution in [1.82, 2.24) is 10.2 Å². The molecule has 0 atom stereocenters. The monoisotopic (exact) mass is 391 g/mol. The van der Waals surface area contributed by atoms with E-state index >= 15 is 0 Å². The molecule has 2 heterocycles. The summed E-state index contributed by atoms with van der Waals surface area (Å²) >= 11 is 0. The molecule has 1 aliphatic carbocycles. The normalized spacial score (nSPS) is 21.9. The molecule has 2 fully saturated rings. The number of aliphatic imine (C=N–C) groups is 1. The summed E-state index contributed by atoms with van der Waals surface area (Å²) in [6.07, 6.45) is 11.4. The smallest absolute Gasteiger partial charge is 0.209 e. The highest BCUT2D eigenvalue weighted by Gasteiger charge is 2.36. The Morgan fingerprint density at radius 1 is 1.36 bits per heavy atom. The van der Waals surface area contributed by atoms with Gasteiger partial charge >= 0.3 is 0 Å². The zero-order valence-corrected chi connectivity index (χ0v) is 18.0. The fourth-order valence-electron chi connectivity index (χ4n) is 3.13. The summed E-state index contributed by atoms with van der Waals surface area (Å²) in [4.78, 5) is 17.1. The van der Waals surface area contributed by atoms with Crippen LogP contribution < -0.4 is 5.32 Å². The number of piperidine rings is 1. The minimum atomic E-state index is 0.292. The average Bonchev–Trinajstić information content (AvgIpc) is 3.49. The summed E-state index contributed by atoms with van der Waals surface area (Å²) < 4.78 is 11.0. The molecule has 1 N–H and O–H groups in total. The van der Waals surface area contributed by atoms with Crippen LogP contribution in [-0.2, 0) is 14.3 Å². The van der Waals surface area contributed by atoms with E-state index in [-0.39, 0.29) is 0 Å². The Kier molecular flexibility index (Phi) is 9.19. The third-order valence-corrected chi connectivity index (χ3v) is 5.79. The molecule has 28 heavy (non-hydrogen) atoms. The maximum atomic E-state index is 10.7. The largest absolute Gasteiger partial charge is 0.496 e. The molecule has 0 spiro atoms. The molecular formula is C22H37N3O3. The Morgan fingerprint density at radius 3 is 2.54 bits per heavy atom. The fraction of sp³-hybridized carbons (Fsp3) is 0.727. The van der Waals surface area contributed by atoms with Gasteiger partial charge in [0.15, 0.2) is 0 Å². The number of amides is 1. The van der Waals surface area contributed by atoms with Gasteiger partial charge in [-0.3, -0.25) is 9.79 Å². The number of carbonyl (C=O) groups is 1. The van der Waals surface area contributed by atoms with Crippen molar-refractivity contribution in [3.05, 3.63) is 23.6 Å². The molecule has 0 radical (unpaired) electrons. The van der Waals surface area contributed by atoms with Crippen molar-refractivity contribution in [2.24, 2.45) is 10.9 Å². The van der Waals surface area contributed by atoms with E-state index in [1.165, 1.54) is 18.4 Å². The molecule has 6 heteroatoms. The van der Waals surface area contributed by atoms with Gasteiger partial charge in [-0.1, -0.05) is 6.08 Å². The van der Waals surface area contributed by atoms with Gasteiger partial charge in [-0.2, -0.15) is 0 Å². The van der Waals surface area contributed by atoms with Crippen LogP contribution in [0.3, 0.4) is 0 Å². The molecular weight excluding hydrogens is 354 g/mol. The average molecular weight is 392 g/mol. The first-order valence-electron chi connectivity index (χ1n) is 10.4. The summed E-state index contributed by atoms with van der Waals surface area (Å²) in [7, 11) is 3.71. The van der Waals surface area contributed by atoms with Gasteiger partial charge in [-0.05, 0) is 64.5 Å². The van der Waals surface area contributed by atoms with Gasteiger partial charge in [0.25, 0.3) is 0 Å². The van der Waals surface area contributed by atoms with Gasteiger partial charge in [-0.15, -0.1) is 0 Å². The number of allylic oxidation sites excluding steroid dienone is 2. The van der Waals surface area contributed by atoms with E-state index in [9.17, 15) is 4.79 Å². The summed E-state index contributed by atoms with van der Waals surface area (Å²) in [5.41, 5.74) is 2.69. The van der Waals surface area contributed by atoms with Crippen LogP contribution in [0.15, 0.2) is 28.6 Å². The van der Waals surface area contributed by atoms with Crippen LogP contribution in [0.4, 0.5) is 0 Å². The lowest BCUT2D eigenvalue weighted by atomic mass is 9.98. The minimum Gasteiger partial charge on any atom is -0.496 e. The molecule has 158 valence electrons. The predicted octanol–water partition coefficient (Wildman–Crippen LogP) is 3.30. The molecule has 0 aromatic heterocycles. The lowest BCUT2D eigenvalue weighted by Gasteiger charge is -2.29. The highest BCUT2D eigenvalue weighted by molar-refractivity contribution is 6.00. The third kappa shape index (κ3) is 7.76. The topological polar surface area (TPSA) is 63.2 Å². The van der Waals surface area contributed by atoms with Gasteiger partial charge in [-0.25, -0.2) is 0 Å². The number of hydrogen-bond donors (Lipinski definition) is 1. The first-order valence-corrected chi connectivity index (χ1v) is 10.4. The second-order valence-electron chi connectivity index (χ2n) is 8.17. The van der Waals surface area contributed by atoms with Crippen molar-refractivity contribution < 1.29 is 14.3 Å². The highest BCUT2D eigenvalue weighted by Crippen LogP contribution is 2.37. The van der Waals surface area contributed by atoms with Gasteiger partial charge in [0.1, 0.15) is 5.76 Å². The van der Waals surface area contributed by atoms with E-state index < -0.39 is 0 Å². The van der Waals surface area contributed by atoms with E-state index in [0.29, 0.717) is 11.5 Å². The van der Waals surface area contributed by atoms with Crippen molar-refractivity contribution in [3.8, 4) is 0 Å². The summed E-state index contributed by atoms with van der Waals surface area (Å²) in [5.74, 6) is 1.54. The standard InChI is InChI=1S/C17H27N3O2.C5H10O/c1-14(5-8-18-2)17-4-3-16(11-19-17)22-12-15-6-9-20(13-21)10-7-15;1-5(6-2)3-4-5/h5,11,13,15,18H,3-4,6-10,12H2,1-2H3;3-4H2,1-2H3/b14-5+;. The molecule has 3 rings (SSSR count). The molecule has 1 saturated heterocycles. The van der Waals surface area contributed by atoms with Crippen LogP contribution in [0.25, 0.3) is 0 Å². The number of hydrogen-bond acceptors (Lipinski definition) is 5. The molecule has 0 unspecified atom stereocenters. The SMILES string of the molecule is CNC/C=C(\C)C1=NC=C(OCC2CCN(C=O)CC2)CC1.COC1(C)CC1. The quantitative estimate of drug-likeness (QED) is 0.645. The number of rotatable bonds is 8. The first-order chi connectivity index (χ1) is 13.5. The van der Waals surface area contributed by atoms with Crippen LogP contribution in [0.1, 0.15) is 52.4 Å². The van der Waals surface area contributed by atoms with Crippen LogP contribution in [0.2, 0.25) is 0 Å². The lowest BCUT2D eigenvalue weighted by molar-refractivity contribution is -0.119. The van der Waals surface area contributed by atoms with E-state index in [4.69, 9.17) is 9.47 Å². The van der Waals surface area contributed by atoms with Gasteiger partial charge in [0, 0.05) is 38.9 Å². The third-order valence-electron chi connectivity index (χ3n) is 5.79. The maximum Gasteiger partial charge on any atom is 0.209 e. The number of methoxy groups -OCH3 is 1. The second kappa shape index (κ2) is 11.4. The van der Waals surface area contributed by atoms with E-state index in [0.717, 1.165) is 69.8 Å².